The Hall–Kier alpha value is -1.82. The van der Waals surface area contributed by atoms with Gasteiger partial charge in [0.15, 0.2) is 5.78 Å². The second kappa shape index (κ2) is 5.09. The van der Waals surface area contributed by atoms with Crippen LogP contribution in [0.15, 0.2) is 22.7 Å². The van der Waals surface area contributed by atoms with Gasteiger partial charge in [-0.2, -0.15) is 0 Å². The van der Waals surface area contributed by atoms with E-state index in [1.807, 2.05) is 12.1 Å². The molecule has 0 saturated heterocycles. The molecule has 120 valence electrons. The van der Waals surface area contributed by atoms with Crippen molar-refractivity contribution in [2.45, 2.75) is 30.9 Å². The molecule has 0 N–H and O–H groups in total. The van der Waals surface area contributed by atoms with Crippen molar-refractivity contribution in [1.82, 2.24) is 4.90 Å². The third kappa shape index (κ3) is 1.97. The van der Waals surface area contributed by atoms with E-state index in [0.717, 1.165) is 34.2 Å². The average molecular weight is 378 g/mol. The number of rotatable bonds is 2. The molecule has 6 heteroatoms. The Balaban J connectivity index is 1.99. The summed E-state index contributed by atoms with van der Waals surface area (Å²) in [6, 6.07) is 1.87. The van der Waals surface area contributed by atoms with Crippen LogP contribution in [0.5, 0.6) is 11.5 Å². The number of carbonyl (C=O) groups excluding carboxylic acids is 2. The zero-order chi connectivity index (χ0) is 16.2. The van der Waals surface area contributed by atoms with Gasteiger partial charge in [-0.05, 0) is 34.0 Å². The van der Waals surface area contributed by atoms with Crippen molar-refractivity contribution in [3.05, 3.63) is 33.8 Å². The summed E-state index contributed by atoms with van der Waals surface area (Å²) in [4.78, 5) is 25.0. The highest BCUT2D eigenvalue weighted by molar-refractivity contribution is 9.10. The maximum absolute atomic E-state index is 11.8. The van der Waals surface area contributed by atoms with Crippen LogP contribution in [0, 0.1) is 0 Å². The molecular weight excluding hydrogens is 362 g/mol. The van der Waals surface area contributed by atoms with E-state index >= 15 is 0 Å². The largest absolute Gasteiger partial charge is 0.495 e. The van der Waals surface area contributed by atoms with Crippen LogP contribution in [0.3, 0.4) is 0 Å². The average Bonchev–Trinajstić information content (AvgIpc) is 2.75. The first-order valence-corrected chi connectivity index (χ1v) is 8.36. The molecule has 23 heavy (non-hydrogen) atoms. The van der Waals surface area contributed by atoms with Crippen LogP contribution in [0.1, 0.15) is 24.0 Å². The molecule has 2 aliphatic heterocycles. The summed E-state index contributed by atoms with van der Waals surface area (Å²) in [5, 5.41) is 0. The number of hydrogen-bond acceptors (Lipinski definition) is 4. The second-order valence-corrected chi connectivity index (χ2v) is 7.01. The number of methoxy groups -OCH3 is 1. The zero-order valence-corrected chi connectivity index (χ0v) is 14.3. The molecule has 3 aliphatic rings. The number of nitrogens with zero attached hydrogens (tertiary/aromatic N) is 1. The van der Waals surface area contributed by atoms with E-state index in [4.69, 9.17) is 9.47 Å². The van der Waals surface area contributed by atoms with Crippen LogP contribution >= 0.6 is 15.9 Å². The lowest BCUT2D eigenvalue weighted by molar-refractivity contribution is -0.119. The van der Waals surface area contributed by atoms with Crippen LogP contribution in [0.25, 0.3) is 0 Å². The number of ether oxygens (including phenoxy) is 2. The van der Waals surface area contributed by atoms with Crippen molar-refractivity contribution in [2.75, 3.05) is 13.7 Å². The van der Waals surface area contributed by atoms with Gasteiger partial charge in [0.05, 0.1) is 17.0 Å². The number of allylic oxidation sites excluding steroid dienone is 1. The van der Waals surface area contributed by atoms with E-state index in [1.54, 1.807) is 18.1 Å². The number of hydrogen-bond donors (Lipinski definition) is 0. The quantitative estimate of drug-likeness (QED) is 0.742. The van der Waals surface area contributed by atoms with Gasteiger partial charge in [0, 0.05) is 31.1 Å². The fourth-order valence-corrected chi connectivity index (χ4v) is 4.56. The topological polar surface area (TPSA) is 55.8 Å². The van der Waals surface area contributed by atoms with E-state index in [2.05, 4.69) is 15.9 Å². The molecule has 4 rings (SSSR count). The molecule has 1 aromatic rings. The number of halogens is 1. The first-order valence-electron chi connectivity index (χ1n) is 7.57. The molecule has 0 radical (unpaired) electrons. The van der Waals surface area contributed by atoms with Gasteiger partial charge >= 0.3 is 0 Å². The Bertz CT molecular complexity index is 745. The molecule has 2 heterocycles. The summed E-state index contributed by atoms with van der Waals surface area (Å²) < 4.78 is 12.4. The Kier molecular flexibility index (Phi) is 3.27. The molecule has 1 aromatic carbocycles. The predicted octanol–water partition coefficient (Wildman–Crippen LogP) is 2.35. The number of ketones is 1. The molecule has 0 fully saturated rings. The SMILES string of the molecule is COc1cc2c3c(c1Br)CN(C=O)CC[C@]31C=CC(=O)CC1O2. The van der Waals surface area contributed by atoms with Gasteiger partial charge in [-0.1, -0.05) is 6.08 Å². The van der Waals surface area contributed by atoms with Gasteiger partial charge in [-0.25, -0.2) is 0 Å². The molecular formula is C17H16BrNO4. The molecule has 0 bridgehead atoms. The summed E-state index contributed by atoms with van der Waals surface area (Å²) >= 11 is 3.62. The summed E-state index contributed by atoms with van der Waals surface area (Å²) in [7, 11) is 1.61. The third-order valence-corrected chi connectivity index (χ3v) is 5.97. The van der Waals surface area contributed by atoms with Gasteiger partial charge in [-0.15, -0.1) is 0 Å². The lowest BCUT2D eigenvalue weighted by atomic mass is 9.69. The molecule has 2 atom stereocenters. The van der Waals surface area contributed by atoms with E-state index in [0.29, 0.717) is 25.3 Å². The van der Waals surface area contributed by atoms with Crippen LogP contribution < -0.4 is 9.47 Å². The minimum Gasteiger partial charge on any atom is -0.495 e. The first kappa shape index (κ1) is 14.8. The summed E-state index contributed by atoms with van der Waals surface area (Å²) in [5.74, 6) is 1.52. The minimum absolute atomic E-state index is 0.0810. The lowest BCUT2D eigenvalue weighted by Gasteiger charge is -2.33. The van der Waals surface area contributed by atoms with Crippen molar-refractivity contribution in [3.63, 3.8) is 0 Å². The zero-order valence-electron chi connectivity index (χ0n) is 12.7. The van der Waals surface area contributed by atoms with E-state index in [-0.39, 0.29) is 17.3 Å². The maximum Gasteiger partial charge on any atom is 0.210 e. The van der Waals surface area contributed by atoms with E-state index in [1.165, 1.54) is 0 Å². The number of amides is 1. The van der Waals surface area contributed by atoms with Gasteiger partial charge < -0.3 is 14.4 Å². The number of carbonyl (C=O) groups is 2. The molecule has 1 aliphatic carbocycles. The first-order chi connectivity index (χ1) is 11.1. The normalized spacial score (nSPS) is 27.8. The highest BCUT2D eigenvalue weighted by Crippen LogP contribution is 2.55. The standard InChI is InChI=1S/C17H16BrNO4/c1-22-13-7-12-15-11(16(13)18)8-19(9-20)5-4-17(15)3-2-10(21)6-14(17)23-12/h2-3,7,9,14H,4-6,8H2,1H3/t14?,17-/m0/s1. The summed E-state index contributed by atoms with van der Waals surface area (Å²) in [5.41, 5.74) is 1.75. The fraction of sp³-hybridized carbons (Fsp3) is 0.412. The second-order valence-electron chi connectivity index (χ2n) is 6.22. The van der Waals surface area contributed by atoms with E-state index < -0.39 is 0 Å². The van der Waals surface area contributed by atoms with Crippen molar-refractivity contribution < 1.29 is 19.1 Å². The molecule has 0 saturated carbocycles. The Morgan fingerprint density at radius 1 is 1.52 bits per heavy atom. The molecule has 1 amide bonds. The van der Waals surface area contributed by atoms with Gasteiger partial charge in [0.25, 0.3) is 0 Å². The van der Waals surface area contributed by atoms with Gasteiger partial charge in [0.1, 0.15) is 17.6 Å². The minimum atomic E-state index is -0.342. The Morgan fingerprint density at radius 3 is 3.09 bits per heavy atom. The summed E-state index contributed by atoms with van der Waals surface area (Å²) in [6.45, 7) is 1.13. The molecule has 1 spiro atoms. The number of benzene rings is 1. The van der Waals surface area contributed by atoms with E-state index in [9.17, 15) is 9.59 Å². The third-order valence-electron chi connectivity index (χ3n) is 5.10. The summed E-state index contributed by atoms with van der Waals surface area (Å²) in [6.07, 6.45) is 5.42. The Morgan fingerprint density at radius 2 is 2.35 bits per heavy atom. The van der Waals surface area contributed by atoms with Crippen LogP contribution in [-0.2, 0) is 21.5 Å². The monoisotopic (exact) mass is 377 g/mol. The van der Waals surface area contributed by atoms with Gasteiger partial charge in [0.2, 0.25) is 6.41 Å². The lowest BCUT2D eigenvalue weighted by Crippen LogP contribution is -2.41. The van der Waals surface area contributed by atoms with Crippen molar-refractivity contribution in [2.24, 2.45) is 0 Å². The molecule has 1 unspecified atom stereocenters. The highest BCUT2D eigenvalue weighted by Gasteiger charge is 2.52. The fourth-order valence-electron chi connectivity index (χ4n) is 3.96. The van der Waals surface area contributed by atoms with Crippen molar-refractivity contribution in [3.8, 4) is 11.5 Å². The smallest absolute Gasteiger partial charge is 0.210 e. The van der Waals surface area contributed by atoms with Crippen molar-refractivity contribution >= 4 is 28.1 Å². The van der Waals surface area contributed by atoms with Crippen LogP contribution in [-0.4, -0.2) is 36.9 Å². The van der Waals surface area contributed by atoms with Crippen molar-refractivity contribution in [1.29, 1.82) is 0 Å². The molecule has 5 nitrogen and oxygen atoms in total. The maximum atomic E-state index is 11.8. The predicted molar refractivity (Wildman–Crippen MR) is 86.6 cm³/mol. The molecule has 0 aromatic heterocycles. The van der Waals surface area contributed by atoms with Crippen LogP contribution in [0.2, 0.25) is 0 Å². The van der Waals surface area contributed by atoms with Gasteiger partial charge in [-0.3, -0.25) is 9.59 Å². The Labute approximate surface area is 142 Å². The highest BCUT2D eigenvalue weighted by atomic mass is 79.9. The van der Waals surface area contributed by atoms with Crippen LogP contribution in [0.4, 0.5) is 0 Å².